The van der Waals surface area contributed by atoms with Gasteiger partial charge in [0.25, 0.3) is 5.91 Å². The summed E-state index contributed by atoms with van der Waals surface area (Å²) in [5.74, 6) is -3.20. The second kappa shape index (κ2) is 5.97. The molecule has 1 amide bonds. The van der Waals surface area contributed by atoms with E-state index in [4.69, 9.17) is 0 Å². The lowest BCUT2D eigenvalue weighted by Crippen LogP contribution is -2.15. The predicted molar refractivity (Wildman–Crippen MR) is 76.1 cm³/mol. The summed E-state index contributed by atoms with van der Waals surface area (Å²) in [4.78, 5) is 11.9. The summed E-state index contributed by atoms with van der Waals surface area (Å²) in [5.41, 5.74) is -0.642. The fraction of sp³-hybridized carbons (Fsp3) is 0. The first-order valence-electron chi connectivity index (χ1n) is 5.29. The van der Waals surface area contributed by atoms with Gasteiger partial charge in [0.2, 0.25) is 0 Å². The normalized spacial score (nSPS) is 10.4. The van der Waals surface area contributed by atoms with Crippen molar-refractivity contribution in [1.29, 1.82) is 0 Å². The summed E-state index contributed by atoms with van der Waals surface area (Å²) >= 11 is 5.92. The highest BCUT2D eigenvalue weighted by molar-refractivity contribution is 9.10. The van der Waals surface area contributed by atoms with E-state index in [1.54, 1.807) is 0 Å². The van der Waals surface area contributed by atoms with Crippen LogP contribution in [0.1, 0.15) is 10.4 Å². The maximum absolute atomic E-state index is 13.6. The van der Waals surface area contributed by atoms with Gasteiger partial charge in [0.1, 0.15) is 17.5 Å². The highest BCUT2D eigenvalue weighted by atomic mass is 79.9. The van der Waals surface area contributed by atoms with Crippen LogP contribution in [0.25, 0.3) is 0 Å². The largest absolute Gasteiger partial charge is 0.319 e. The van der Waals surface area contributed by atoms with Crippen molar-refractivity contribution < 1.29 is 18.0 Å². The molecule has 0 fully saturated rings. The van der Waals surface area contributed by atoms with Gasteiger partial charge in [-0.1, -0.05) is 15.9 Å². The zero-order valence-corrected chi connectivity index (χ0v) is 12.9. The molecule has 2 aromatic carbocycles. The Hall–Kier alpha value is -1.34. The first-order valence-corrected chi connectivity index (χ1v) is 6.88. The molecule has 0 atom stereocenters. The molecule has 0 aliphatic carbocycles. The zero-order chi connectivity index (χ0) is 14.9. The van der Waals surface area contributed by atoms with Crippen molar-refractivity contribution in [2.24, 2.45) is 0 Å². The van der Waals surface area contributed by atoms with E-state index in [0.717, 1.165) is 18.2 Å². The van der Waals surface area contributed by atoms with Crippen LogP contribution in [0.2, 0.25) is 0 Å². The first kappa shape index (κ1) is 15.1. The van der Waals surface area contributed by atoms with Gasteiger partial charge in [-0.2, -0.15) is 0 Å². The van der Waals surface area contributed by atoms with E-state index >= 15 is 0 Å². The molecule has 0 spiro atoms. The van der Waals surface area contributed by atoms with Crippen LogP contribution in [0.5, 0.6) is 0 Å². The van der Waals surface area contributed by atoms with Crippen molar-refractivity contribution in [3.05, 3.63) is 62.3 Å². The number of rotatable bonds is 2. The topological polar surface area (TPSA) is 29.1 Å². The minimum absolute atomic E-state index is 0.0679. The summed E-state index contributed by atoms with van der Waals surface area (Å²) in [6, 6.07) is 5.46. The predicted octanol–water partition coefficient (Wildman–Crippen LogP) is 4.88. The number of nitrogens with one attached hydrogen (secondary N) is 1. The molecule has 0 unspecified atom stereocenters. The number of anilines is 1. The third kappa shape index (κ3) is 3.21. The van der Waals surface area contributed by atoms with E-state index < -0.39 is 23.4 Å². The maximum Gasteiger partial charge on any atom is 0.258 e. The molecule has 20 heavy (non-hydrogen) atoms. The molecule has 2 aromatic rings. The van der Waals surface area contributed by atoms with E-state index in [2.05, 4.69) is 37.2 Å². The van der Waals surface area contributed by atoms with E-state index in [1.165, 1.54) is 12.1 Å². The highest BCUT2D eigenvalue weighted by Crippen LogP contribution is 2.24. The van der Waals surface area contributed by atoms with Crippen molar-refractivity contribution in [2.45, 2.75) is 0 Å². The van der Waals surface area contributed by atoms with Crippen molar-refractivity contribution in [2.75, 3.05) is 5.32 Å². The van der Waals surface area contributed by atoms with Gasteiger partial charge in [-0.25, -0.2) is 13.2 Å². The molecule has 0 saturated carbocycles. The molecule has 0 bridgehead atoms. The monoisotopic (exact) mass is 407 g/mol. The SMILES string of the molecule is O=C(Nc1cc(F)c(Br)cc1F)c1cc(Br)ccc1F. The molecule has 2 rings (SSSR count). The molecular formula is C13H6Br2F3NO. The Kier molecular flexibility index (Phi) is 4.49. The fourth-order valence-electron chi connectivity index (χ4n) is 1.48. The van der Waals surface area contributed by atoms with Crippen LogP contribution in [0.3, 0.4) is 0 Å². The number of hydrogen-bond donors (Lipinski definition) is 1. The Morgan fingerprint density at radius 2 is 1.65 bits per heavy atom. The summed E-state index contributed by atoms with van der Waals surface area (Å²) in [6.07, 6.45) is 0. The molecule has 1 N–H and O–H groups in total. The maximum atomic E-state index is 13.6. The van der Waals surface area contributed by atoms with Gasteiger partial charge in [0, 0.05) is 10.5 Å². The average Bonchev–Trinajstić information content (AvgIpc) is 2.38. The Morgan fingerprint density at radius 3 is 2.35 bits per heavy atom. The van der Waals surface area contributed by atoms with Gasteiger partial charge < -0.3 is 5.32 Å². The number of hydrogen-bond acceptors (Lipinski definition) is 1. The van der Waals surface area contributed by atoms with Gasteiger partial charge in [-0.05, 0) is 40.2 Å². The smallest absolute Gasteiger partial charge is 0.258 e. The Labute approximate surface area is 129 Å². The van der Waals surface area contributed by atoms with Gasteiger partial charge in [-0.3, -0.25) is 4.79 Å². The Bertz CT molecular complexity index is 692. The van der Waals surface area contributed by atoms with Crippen molar-refractivity contribution in [1.82, 2.24) is 0 Å². The molecule has 0 saturated heterocycles. The van der Waals surface area contributed by atoms with E-state index in [9.17, 15) is 18.0 Å². The molecule has 0 radical (unpaired) electrons. The highest BCUT2D eigenvalue weighted by Gasteiger charge is 2.15. The van der Waals surface area contributed by atoms with Crippen molar-refractivity contribution in [3.8, 4) is 0 Å². The van der Waals surface area contributed by atoms with Crippen LogP contribution in [-0.2, 0) is 0 Å². The standard InChI is InChI=1S/C13H6Br2F3NO/c14-6-1-2-9(16)7(3-6)13(20)19-12-5-10(17)8(15)4-11(12)18/h1-5H,(H,19,20). The second-order valence-corrected chi connectivity index (χ2v) is 5.59. The van der Waals surface area contributed by atoms with Crippen molar-refractivity contribution >= 4 is 43.5 Å². The molecular weight excluding hydrogens is 403 g/mol. The molecule has 0 heterocycles. The number of benzene rings is 2. The van der Waals surface area contributed by atoms with Crippen molar-refractivity contribution in [3.63, 3.8) is 0 Å². The van der Waals surface area contributed by atoms with E-state index in [0.29, 0.717) is 4.47 Å². The molecule has 0 aromatic heterocycles. The third-order valence-corrected chi connectivity index (χ3v) is 3.53. The number of halogens is 5. The van der Waals surface area contributed by atoms with Crippen LogP contribution in [-0.4, -0.2) is 5.91 Å². The quantitative estimate of drug-likeness (QED) is 0.705. The van der Waals surface area contributed by atoms with Crippen LogP contribution >= 0.6 is 31.9 Å². The van der Waals surface area contributed by atoms with E-state index in [1.807, 2.05) is 0 Å². The number of amides is 1. The molecule has 104 valence electrons. The Balaban J connectivity index is 2.32. The van der Waals surface area contributed by atoms with Gasteiger partial charge >= 0.3 is 0 Å². The van der Waals surface area contributed by atoms with Gasteiger partial charge in [0.15, 0.2) is 0 Å². The molecule has 2 nitrogen and oxygen atoms in total. The van der Waals surface area contributed by atoms with Crippen LogP contribution in [0, 0.1) is 17.5 Å². The van der Waals surface area contributed by atoms with Crippen LogP contribution in [0.15, 0.2) is 39.3 Å². The summed E-state index contributed by atoms with van der Waals surface area (Å²) in [5, 5.41) is 2.13. The summed E-state index contributed by atoms with van der Waals surface area (Å²) < 4.78 is 40.8. The molecule has 7 heteroatoms. The fourth-order valence-corrected chi connectivity index (χ4v) is 2.16. The lowest BCUT2D eigenvalue weighted by molar-refractivity contribution is 0.102. The Morgan fingerprint density at radius 1 is 0.950 bits per heavy atom. The third-order valence-electron chi connectivity index (χ3n) is 2.43. The summed E-state index contributed by atoms with van der Waals surface area (Å²) in [6.45, 7) is 0. The van der Waals surface area contributed by atoms with E-state index in [-0.39, 0.29) is 15.7 Å². The molecule has 0 aliphatic rings. The number of carbonyl (C=O) groups is 1. The average molecular weight is 409 g/mol. The van der Waals surface area contributed by atoms with Gasteiger partial charge in [-0.15, -0.1) is 0 Å². The lowest BCUT2D eigenvalue weighted by atomic mass is 10.2. The molecule has 0 aliphatic heterocycles. The lowest BCUT2D eigenvalue weighted by Gasteiger charge is -2.08. The second-order valence-electron chi connectivity index (χ2n) is 3.82. The zero-order valence-electron chi connectivity index (χ0n) is 9.68. The minimum atomic E-state index is -0.871. The summed E-state index contributed by atoms with van der Waals surface area (Å²) in [7, 11) is 0. The van der Waals surface area contributed by atoms with Gasteiger partial charge in [0.05, 0.1) is 15.7 Å². The minimum Gasteiger partial charge on any atom is -0.319 e. The first-order chi connectivity index (χ1) is 9.38. The van der Waals surface area contributed by atoms with Crippen LogP contribution in [0.4, 0.5) is 18.9 Å². The number of carbonyl (C=O) groups excluding carboxylic acids is 1. The van der Waals surface area contributed by atoms with Crippen LogP contribution < -0.4 is 5.32 Å².